The maximum atomic E-state index is 12.3. The van der Waals surface area contributed by atoms with Gasteiger partial charge in [-0.2, -0.15) is 0 Å². The van der Waals surface area contributed by atoms with Gasteiger partial charge in [-0.05, 0) is 13.8 Å². The Balaban J connectivity index is 1.82. The molecule has 0 spiro atoms. The smallest absolute Gasteiger partial charge is 0.304 e. The third kappa shape index (κ3) is 4.04. The lowest BCUT2D eigenvalue weighted by molar-refractivity contribution is -0.138. The fourth-order valence-electron chi connectivity index (χ4n) is 2.49. The van der Waals surface area contributed by atoms with Crippen molar-refractivity contribution in [1.29, 1.82) is 0 Å². The first-order valence-electron chi connectivity index (χ1n) is 7.11. The van der Waals surface area contributed by atoms with E-state index in [1.807, 2.05) is 18.7 Å². The largest absolute Gasteiger partial charge is 0.481 e. The van der Waals surface area contributed by atoms with Gasteiger partial charge in [0.05, 0.1) is 18.5 Å². The van der Waals surface area contributed by atoms with Crippen molar-refractivity contribution >= 4 is 11.9 Å². The Kier molecular flexibility index (Phi) is 4.95. The number of rotatable bonds is 5. The van der Waals surface area contributed by atoms with Gasteiger partial charge in [-0.3, -0.25) is 14.5 Å². The van der Waals surface area contributed by atoms with Crippen LogP contribution in [0.15, 0.2) is 4.52 Å². The van der Waals surface area contributed by atoms with Gasteiger partial charge >= 0.3 is 5.97 Å². The summed E-state index contributed by atoms with van der Waals surface area (Å²) in [6.07, 6.45) is 0.462. The van der Waals surface area contributed by atoms with E-state index in [1.54, 1.807) is 0 Å². The van der Waals surface area contributed by atoms with Gasteiger partial charge in [0.15, 0.2) is 0 Å². The van der Waals surface area contributed by atoms with Crippen molar-refractivity contribution in [2.24, 2.45) is 0 Å². The minimum absolute atomic E-state index is 0.0716. The molecular weight excluding hydrogens is 274 g/mol. The highest BCUT2D eigenvalue weighted by Crippen LogP contribution is 2.14. The standard InChI is InChI=1S/C14H21N3O4/c1-10-12(11(2)21-15-10)9-13(18)17-7-5-16(6-8-17)4-3-14(19)20/h3-9H2,1-2H3,(H,19,20). The van der Waals surface area contributed by atoms with Gasteiger partial charge < -0.3 is 14.5 Å². The van der Waals surface area contributed by atoms with E-state index in [1.165, 1.54) is 0 Å². The molecule has 2 heterocycles. The predicted octanol–water partition coefficient (Wildman–Crippen LogP) is 0.453. The number of piperazine rings is 1. The lowest BCUT2D eigenvalue weighted by Crippen LogP contribution is -2.49. The van der Waals surface area contributed by atoms with E-state index in [0.29, 0.717) is 31.8 Å². The lowest BCUT2D eigenvalue weighted by Gasteiger charge is -2.34. The molecule has 0 aromatic carbocycles. The van der Waals surface area contributed by atoms with Crippen LogP contribution in [0.5, 0.6) is 0 Å². The molecule has 1 N–H and O–H groups in total. The maximum Gasteiger partial charge on any atom is 0.304 e. The van der Waals surface area contributed by atoms with E-state index >= 15 is 0 Å². The Hall–Kier alpha value is -1.89. The molecule has 1 aliphatic rings. The first-order valence-corrected chi connectivity index (χ1v) is 7.11. The van der Waals surface area contributed by atoms with Crippen LogP contribution in [0.1, 0.15) is 23.4 Å². The number of carbonyl (C=O) groups is 2. The van der Waals surface area contributed by atoms with E-state index in [-0.39, 0.29) is 12.3 Å². The van der Waals surface area contributed by atoms with Crippen molar-refractivity contribution in [3.63, 3.8) is 0 Å². The van der Waals surface area contributed by atoms with Gasteiger partial charge in [-0.15, -0.1) is 0 Å². The molecule has 0 bridgehead atoms. The average molecular weight is 295 g/mol. The lowest BCUT2D eigenvalue weighted by atomic mass is 10.1. The fourth-order valence-corrected chi connectivity index (χ4v) is 2.49. The van der Waals surface area contributed by atoms with E-state index in [0.717, 1.165) is 24.3 Å². The normalized spacial score (nSPS) is 16.2. The van der Waals surface area contributed by atoms with E-state index in [9.17, 15) is 9.59 Å². The molecule has 1 saturated heterocycles. The average Bonchev–Trinajstić information content (AvgIpc) is 2.77. The van der Waals surface area contributed by atoms with Crippen LogP contribution in [0.3, 0.4) is 0 Å². The number of amides is 1. The molecule has 0 aliphatic carbocycles. The van der Waals surface area contributed by atoms with Gasteiger partial charge in [0.25, 0.3) is 0 Å². The van der Waals surface area contributed by atoms with Crippen LogP contribution in [0.2, 0.25) is 0 Å². The Bertz CT molecular complexity index is 499. The number of nitrogens with zero attached hydrogens (tertiary/aromatic N) is 3. The number of aryl methyl sites for hydroxylation is 2. The number of carboxylic acids is 1. The molecule has 116 valence electrons. The minimum Gasteiger partial charge on any atom is -0.481 e. The zero-order chi connectivity index (χ0) is 15.4. The fraction of sp³-hybridized carbons (Fsp3) is 0.643. The summed E-state index contributed by atoms with van der Waals surface area (Å²) < 4.78 is 5.07. The zero-order valence-corrected chi connectivity index (χ0v) is 12.5. The summed E-state index contributed by atoms with van der Waals surface area (Å²) in [7, 11) is 0. The third-order valence-electron chi connectivity index (χ3n) is 3.88. The molecule has 0 saturated carbocycles. The zero-order valence-electron chi connectivity index (χ0n) is 12.5. The molecule has 1 amide bonds. The Labute approximate surface area is 123 Å². The van der Waals surface area contributed by atoms with Crippen molar-refractivity contribution < 1.29 is 19.2 Å². The summed E-state index contributed by atoms with van der Waals surface area (Å²) in [5, 5.41) is 12.5. The van der Waals surface area contributed by atoms with Crippen molar-refractivity contribution in [3.8, 4) is 0 Å². The van der Waals surface area contributed by atoms with E-state index in [4.69, 9.17) is 9.63 Å². The molecule has 0 unspecified atom stereocenters. The molecule has 0 atom stereocenters. The van der Waals surface area contributed by atoms with Crippen molar-refractivity contribution in [2.45, 2.75) is 26.7 Å². The summed E-state index contributed by atoms with van der Waals surface area (Å²) in [5.74, 6) is -0.0184. The minimum atomic E-state index is -0.785. The third-order valence-corrected chi connectivity index (χ3v) is 3.88. The van der Waals surface area contributed by atoms with Crippen LogP contribution in [-0.2, 0) is 16.0 Å². The molecule has 21 heavy (non-hydrogen) atoms. The quantitative estimate of drug-likeness (QED) is 0.849. The van der Waals surface area contributed by atoms with Gasteiger partial charge in [0.1, 0.15) is 5.76 Å². The van der Waals surface area contributed by atoms with Gasteiger partial charge in [-0.25, -0.2) is 0 Å². The number of hydrogen-bond donors (Lipinski definition) is 1. The van der Waals surface area contributed by atoms with Crippen LogP contribution in [0.25, 0.3) is 0 Å². The molecule has 1 fully saturated rings. The number of carboxylic acid groups (broad SMARTS) is 1. The number of aliphatic carboxylic acids is 1. The summed E-state index contributed by atoms with van der Waals surface area (Å²) in [5.41, 5.74) is 1.63. The second-order valence-electron chi connectivity index (χ2n) is 5.35. The van der Waals surface area contributed by atoms with Crippen molar-refractivity contribution in [1.82, 2.24) is 15.0 Å². The van der Waals surface area contributed by atoms with Gasteiger partial charge in [0.2, 0.25) is 5.91 Å². The first kappa shape index (κ1) is 15.5. The van der Waals surface area contributed by atoms with Crippen LogP contribution >= 0.6 is 0 Å². The number of carbonyl (C=O) groups excluding carboxylic acids is 1. The van der Waals surface area contributed by atoms with E-state index in [2.05, 4.69) is 10.1 Å². The summed E-state index contributed by atoms with van der Waals surface area (Å²) >= 11 is 0. The Morgan fingerprint density at radius 3 is 2.43 bits per heavy atom. The Morgan fingerprint density at radius 1 is 1.24 bits per heavy atom. The molecule has 7 heteroatoms. The molecule has 1 aromatic rings. The highest BCUT2D eigenvalue weighted by molar-refractivity contribution is 5.79. The SMILES string of the molecule is Cc1noc(C)c1CC(=O)N1CCN(CCC(=O)O)CC1. The highest BCUT2D eigenvalue weighted by atomic mass is 16.5. The molecule has 7 nitrogen and oxygen atoms in total. The second kappa shape index (κ2) is 6.71. The van der Waals surface area contributed by atoms with E-state index < -0.39 is 5.97 Å². The second-order valence-corrected chi connectivity index (χ2v) is 5.35. The van der Waals surface area contributed by atoms with Crippen molar-refractivity contribution in [2.75, 3.05) is 32.7 Å². The monoisotopic (exact) mass is 295 g/mol. The van der Waals surface area contributed by atoms with Crippen LogP contribution in [0, 0.1) is 13.8 Å². The Morgan fingerprint density at radius 2 is 1.90 bits per heavy atom. The molecule has 0 radical (unpaired) electrons. The molecule has 1 aliphatic heterocycles. The molecule has 2 rings (SSSR count). The molecule has 1 aromatic heterocycles. The topological polar surface area (TPSA) is 86.9 Å². The van der Waals surface area contributed by atoms with Crippen molar-refractivity contribution in [3.05, 3.63) is 17.0 Å². The first-order chi connectivity index (χ1) is 9.97. The highest BCUT2D eigenvalue weighted by Gasteiger charge is 2.23. The number of hydrogen-bond acceptors (Lipinski definition) is 5. The summed E-state index contributed by atoms with van der Waals surface area (Å²) in [6.45, 7) is 6.92. The maximum absolute atomic E-state index is 12.3. The summed E-state index contributed by atoms with van der Waals surface area (Å²) in [6, 6.07) is 0. The summed E-state index contributed by atoms with van der Waals surface area (Å²) in [4.78, 5) is 26.7. The van der Waals surface area contributed by atoms with Gasteiger partial charge in [0, 0.05) is 38.3 Å². The van der Waals surface area contributed by atoms with Crippen LogP contribution < -0.4 is 0 Å². The van der Waals surface area contributed by atoms with Crippen LogP contribution in [0.4, 0.5) is 0 Å². The number of aromatic nitrogens is 1. The van der Waals surface area contributed by atoms with Gasteiger partial charge in [-0.1, -0.05) is 5.16 Å². The predicted molar refractivity (Wildman–Crippen MR) is 75.0 cm³/mol. The van der Waals surface area contributed by atoms with Crippen LogP contribution in [-0.4, -0.2) is 64.7 Å². The molecular formula is C14H21N3O4.